The molecule has 0 aliphatic heterocycles. The minimum absolute atomic E-state index is 0.152. The molecule has 0 radical (unpaired) electrons. The molecule has 2 aromatic rings. The van der Waals surface area contributed by atoms with Crippen molar-refractivity contribution < 1.29 is 4.74 Å². The lowest BCUT2D eigenvalue weighted by atomic mass is 10.1. The summed E-state index contributed by atoms with van der Waals surface area (Å²) < 4.78 is 6.78. The standard InChI is InChI=1S/C15H17BrN2O/c1-10(17)8-12-5-6-15(13(16)9-12)19-14-4-3-7-18-11(14)2/h3-7,9-10H,8,17H2,1-2H3. The average Bonchev–Trinajstić information content (AvgIpc) is 2.34. The van der Waals surface area contributed by atoms with E-state index in [0.717, 1.165) is 28.1 Å². The van der Waals surface area contributed by atoms with Crippen LogP contribution in [0.4, 0.5) is 0 Å². The van der Waals surface area contributed by atoms with Crippen LogP contribution in [0.3, 0.4) is 0 Å². The first-order chi connectivity index (χ1) is 9.06. The van der Waals surface area contributed by atoms with E-state index in [1.54, 1.807) is 6.20 Å². The van der Waals surface area contributed by atoms with Gasteiger partial charge in [0.05, 0.1) is 10.2 Å². The monoisotopic (exact) mass is 320 g/mol. The Morgan fingerprint density at radius 2 is 2.11 bits per heavy atom. The highest BCUT2D eigenvalue weighted by atomic mass is 79.9. The molecule has 0 spiro atoms. The number of aryl methyl sites for hydroxylation is 1. The molecule has 1 aromatic carbocycles. The predicted molar refractivity (Wildman–Crippen MR) is 80.5 cm³/mol. The molecule has 0 saturated carbocycles. The van der Waals surface area contributed by atoms with Crippen molar-refractivity contribution in [2.24, 2.45) is 5.73 Å². The second-order valence-electron chi connectivity index (χ2n) is 4.64. The summed E-state index contributed by atoms with van der Waals surface area (Å²) in [7, 11) is 0. The maximum atomic E-state index is 5.86. The minimum Gasteiger partial charge on any atom is -0.454 e. The number of hydrogen-bond acceptors (Lipinski definition) is 3. The first-order valence-corrected chi connectivity index (χ1v) is 6.99. The van der Waals surface area contributed by atoms with Crippen molar-refractivity contribution in [1.82, 2.24) is 4.98 Å². The van der Waals surface area contributed by atoms with Crippen molar-refractivity contribution in [1.29, 1.82) is 0 Å². The Balaban J connectivity index is 2.20. The van der Waals surface area contributed by atoms with E-state index < -0.39 is 0 Å². The highest BCUT2D eigenvalue weighted by Crippen LogP contribution is 2.31. The van der Waals surface area contributed by atoms with Crippen LogP contribution in [0.5, 0.6) is 11.5 Å². The molecular weight excluding hydrogens is 304 g/mol. The summed E-state index contributed by atoms with van der Waals surface area (Å²) in [6.07, 6.45) is 2.60. The first kappa shape index (κ1) is 14.0. The zero-order valence-electron chi connectivity index (χ0n) is 11.1. The molecule has 1 atom stereocenters. The van der Waals surface area contributed by atoms with Gasteiger partial charge in [0.2, 0.25) is 0 Å². The molecule has 2 rings (SSSR count). The Labute approximate surface area is 121 Å². The third-order valence-electron chi connectivity index (χ3n) is 2.73. The normalized spacial score (nSPS) is 12.2. The zero-order chi connectivity index (χ0) is 13.8. The van der Waals surface area contributed by atoms with E-state index in [1.165, 1.54) is 5.56 Å². The highest BCUT2D eigenvalue weighted by molar-refractivity contribution is 9.10. The molecule has 4 heteroatoms. The lowest BCUT2D eigenvalue weighted by molar-refractivity contribution is 0.472. The molecule has 0 fully saturated rings. The zero-order valence-corrected chi connectivity index (χ0v) is 12.6. The SMILES string of the molecule is Cc1ncccc1Oc1ccc(CC(C)N)cc1Br. The van der Waals surface area contributed by atoms with E-state index in [0.29, 0.717) is 0 Å². The summed E-state index contributed by atoms with van der Waals surface area (Å²) in [6.45, 7) is 3.92. The summed E-state index contributed by atoms with van der Waals surface area (Å²) in [5.41, 5.74) is 7.86. The van der Waals surface area contributed by atoms with Gasteiger partial charge in [-0.25, -0.2) is 0 Å². The van der Waals surface area contributed by atoms with Gasteiger partial charge >= 0.3 is 0 Å². The van der Waals surface area contributed by atoms with Crippen LogP contribution in [0.25, 0.3) is 0 Å². The van der Waals surface area contributed by atoms with Gasteiger partial charge in [-0.2, -0.15) is 0 Å². The summed E-state index contributed by atoms with van der Waals surface area (Å²) in [5, 5.41) is 0. The first-order valence-electron chi connectivity index (χ1n) is 6.19. The van der Waals surface area contributed by atoms with Crippen molar-refractivity contribution >= 4 is 15.9 Å². The molecule has 1 heterocycles. The van der Waals surface area contributed by atoms with Crippen molar-refractivity contribution in [2.45, 2.75) is 26.3 Å². The molecule has 1 unspecified atom stereocenters. The fourth-order valence-corrected chi connectivity index (χ4v) is 2.33. The third kappa shape index (κ3) is 3.78. The van der Waals surface area contributed by atoms with E-state index in [2.05, 4.69) is 20.9 Å². The molecule has 2 N–H and O–H groups in total. The van der Waals surface area contributed by atoms with Gasteiger partial charge in [0.25, 0.3) is 0 Å². The maximum Gasteiger partial charge on any atom is 0.148 e. The number of aromatic nitrogens is 1. The van der Waals surface area contributed by atoms with E-state index in [-0.39, 0.29) is 6.04 Å². The third-order valence-corrected chi connectivity index (χ3v) is 3.35. The number of benzene rings is 1. The predicted octanol–water partition coefficient (Wildman–Crippen LogP) is 3.83. The molecule has 19 heavy (non-hydrogen) atoms. The Morgan fingerprint density at radius 1 is 1.32 bits per heavy atom. The van der Waals surface area contributed by atoms with Crippen molar-refractivity contribution in [2.75, 3.05) is 0 Å². The van der Waals surface area contributed by atoms with Crippen LogP contribution in [0.2, 0.25) is 0 Å². The summed E-state index contributed by atoms with van der Waals surface area (Å²) in [4.78, 5) is 4.21. The molecule has 0 amide bonds. The molecule has 0 aliphatic rings. The number of nitrogens with two attached hydrogens (primary N) is 1. The van der Waals surface area contributed by atoms with Gasteiger partial charge in [0.15, 0.2) is 0 Å². The number of hydrogen-bond donors (Lipinski definition) is 1. The van der Waals surface area contributed by atoms with Crippen LogP contribution in [-0.2, 0) is 6.42 Å². The summed E-state index contributed by atoms with van der Waals surface area (Å²) in [5.74, 6) is 1.55. The lowest BCUT2D eigenvalue weighted by Gasteiger charge is -2.11. The topological polar surface area (TPSA) is 48.1 Å². The van der Waals surface area contributed by atoms with Crippen LogP contribution in [0.15, 0.2) is 41.0 Å². The lowest BCUT2D eigenvalue weighted by Crippen LogP contribution is -2.17. The van der Waals surface area contributed by atoms with Gasteiger partial charge < -0.3 is 10.5 Å². The molecule has 3 nitrogen and oxygen atoms in total. The van der Waals surface area contributed by atoms with Crippen LogP contribution >= 0.6 is 15.9 Å². The molecule has 1 aromatic heterocycles. The van der Waals surface area contributed by atoms with Gasteiger partial charge in [0, 0.05) is 12.2 Å². The van der Waals surface area contributed by atoms with Gasteiger partial charge in [-0.05, 0) is 66.0 Å². The smallest absolute Gasteiger partial charge is 0.148 e. The molecular formula is C15H17BrN2O. The fourth-order valence-electron chi connectivity index (χ4n) is 1.82. The van der Waals surface area contributed by atoms with Gasteiger partial charge in [-0.3, -0.25) is 4.98 Å². The van der Waals surface area contributed by atoms with Crippen LogP contribution in [0, 0.1) is 6.92 Å². The van der Waals surface area contributed by atoms with E-state index in [9.17, 15) is 0 Å². The Bertz CT molecular complexity index is 570. The fraction of sp³-hybridized carbons (Fsp3) is 0.267. The van der Waals surface area contributed by atoms with Crippen molar-refractivity contribution in [3.05, 3.63) is 52.3 Å². The van der Waals surface area contributed by atoms with Crippen LogP contribution in [-0.4, -0.2) is 11.0 Å². The Kier molecular flexibility index (Phi) is 4.56. The number of pyridine rings is 1. The maximum absolute atomic E-state index is 5.86. The van der Waals surface area contributed by atoms with Crippen LogP contribution in [0.1, 0.15) is 18.2 Å². The second kappa shape index (κ2) is 6.17. The largest absolute Gasteiger partial charge is 0.454 e. The molecule has 0 saturated heterocycles. The average molecular weight is 321 g/mol. The summed E-state index contributed by atoms with van der Waals surface area (Å²) >= 11 is 3.53. The Morgan fingerprint density at radius 3 is 2.74 bits per heavy atom. The van der Waals surface area contributed by atoms with E-state index in [1.807, 2.05) is 44.2 Å². The van der Waals surface area contributed by atoms with Crippen molar-refractivity contribution in [3.8, 4) is 11.5 Å². The molecule has 100 valence electrons. The van der Waals surface area contributed by atoms with Crippen molar-refractivity contribution in [3.63, 3.8) is 0 Å². The number of halogens is 1. The number of ether oxygens (including phenoxy) is 1. The Hall–Kier alpha value is -1.39. The highest BCUT2D eigenvalue weighted by Gasteiger charge is 2.07. The van der Waals surface area contributed by atoms with Gasteiger partial charge in [0.1, 0.15) is 11.5 Å². The molecule has 0 bridgehead atoms. The van der Waals surface area contributed by atoms with Gasteiger partial charge in [-0.15, -0.1) is 0 Å². The summed E-state index contributed by atoms with van der Waals surface area (Å²) in [6, 6.07) is 9.96. The second-order valence-corrected chi connectivity index (χ2v) is 5.49. The van der Waals surface area contributed by atoms with E-state index >= 15 is 0 Å². The van der Waals surface area contributed by atoms with E-state index in [4.69, 9.17) is 10.5 Å². The molecule has 0 aliphatic carbocycles. The van der Waals surface area contributed by atoms with Crippen LogP contribution < -0.4 is 10.5 Å². The minimum atomic E-state index is 0.152. The number of rotatable bonds is 4. The number of nitrogens with zero attached hydrogens (tertiary/aromatic N) is 1. The van der Waals surface area contributed by atoms with Gasteiger partial charge in [-0.1, -0.05) is 6.07 Å². The quantitative estimate of drug-likeness (QED) is 0.931.